The van der Waals surface area contributed by atoms with Crippen LogP contribution in [-0.2, 0) is 23.1 Å². The summed E-state index contributed by atoms with van der Waals surface area (Å²) in [5.41, 5.74) is 0. The number of hydrogen-bond acceptors (Lipinski definition) is 5. The second kappa shape index (κ2) is 34.4. The number of phosphoric ester groups is 1. The van der Waals surface area contributed by atoms with Crippen molar-refractivity contribution in [2.45, 2.75) is 187 Å². The molecule has 0 bridgehead atoms. The van der Waals surface area contributed by atoms with Crippen molar-refractivity contribution in [3.63, 3.8) is 0 Å². The molecule has 0 aromatic carbocycles. The van der Waals surface area contributed by atoms with Crippen molar-refractivity contribution in [1.82, 2.24) is 0 Å². The first kappa shape index (κ1) is 44.1. The third kappa shape index (κ3) is 32.0. The number of unbranched alkanes of at least 4 members (excludes halogenated alkanes) is 24. The van der Waals surface area contributed by atoms with E-state index >= 15 is 0 Å². The van der Waals surface area contributed by atoms with Gasteiger partial charge in [0, 0.05) is 11.9 Å². The first-order valence-corrected chi connectivity index (χ1v) is 21.2. The molecular formula is C36H72BrO6P. The van der Waals surface area contributed by atoms with Crippen molar-refractivity contribution < 1.29 is 28.0 Å². The SMILES string of the molecule is C=C(OCCCCCCCCCCCCCCC)C(COP(=O)(O)OCCBr)OCCCCCCCCCCCCCCC. The molecule has 1 N–H and O–H groups in total. The van der Waals surface area contributed by atoms with Crippen LogP contribution in [0.4, 0.5) is 0 Å². The molecule has 264 valence electrons. The van der Waals surface area contributed by atoms with Gasteiger partial charge in [-0.25, -0.2) is 4.57 Å². The van der Waals surface area contributed by atoms with Crippen LogP contribution in [0.25, 0.3) is 0 Å². The summed E-state index contributed by atoms with van der Waals surface area (Å²) in [6.45, 7) is 9.69. The van der Waals surface area contributed by atoms with E-state index in [0.29, 0.717) is 24.3 Å². The van der Waals surface area contributed by atoms with Crippen LogP contribution in [0.15, 0.2) is 12.3 Å². The lowest BCUT2D eigenvalue weighted by atomic mass is 10.0. The third-order valence-electron chi connectivity index (χ3n) is 8.18. The molecule has 0 spiro atoms. The summed E-state index contributed by atoms with van der Waals surface area (Å²) in [7, 11) is -4.14. The maximum absolute atomic E-state index is 12.2. The predicted molar refractivity (Wildman–Crippen MR) is 192 cm³/mol. The molecule has 0 radical (unpaired) electrons. The lowest BCUT2D eigenvalue weighted by molar-refractivity contribution is -0.00622. The van der Waals surface area contributed by atoms with Gasteiger partial charge < -0.3 is 14.4 Å². The van der Waals surface area contributed by atoms with Crippen LogP contribution >= 0.6 is 23.8 Å². The maximum atomic E-state index is 12.2. The van der Waals surface area contributed by atoms with Gasteiger partial charge in [-0.15, -0.1) is 0 Å². The summed E-state index contributed by atoms with van der Waals surface area (Å²) in [4.78, 5) is 9.94. The predicted octanol–water partition coefficient (Wildman–Crippen LogP) is 12.6. The van der Waals surface area contributed by atoms with Gasteiger partial charge in [0.05, 0.1) is 19.8 Å². The highest BCUT2D eigenvalue weighted by atomic mass is 79.9. The molecule has 0 aliphatic rings. The molecule has 0 amide bonds. The summed E-state index contributed by atoms with van der Waals surface area (Å²) < 4.78 is 34.2. The first-order chi connectivity index (χ1) is 21.5. The Bertz CT molecular complexity index is 650. The smallest absolute Gasteiger partial charge is 0.472 e. The molecule has 0 aromatic heterocycles. The van der Waals surface area contributed by atoms with Crippen LogP contribution in [0.2, 0.25) is 0 Å². The second-order valence-electron chi connectivity index (χ2n) is 12.4. The Labute approximate surface area is 281 Å². The molecule has 0 heterocycles. The molecule has 0 aliphatic carbocycles. The van der Waals surface area contributed by atoms with E-state index in [4.69, 9.17) is 18.5 Å². The van der Waals surface area contributed by atoms with Gasteiger partial charge in [-0.1, -0.05) is 190 Å². The van der Waals surface area contributed by atoms with Gasteiger partial charge in [0.1, 0.15) is 11.9 Å². The zero-order valence-corrected chi connectivity index (χ0v) is 31.5. The molecule has 0 aromatic rings. The van der Waals surface area contributed by atoms with Gasteiger partial charge >= 0.3 is 7.82 Å². The summed E-state index contributed by atoms with van der Waals surface area (Å²) in [5, 5.41) is 0.453. The molecule has 2 unspecified atom stereocenters. The zero-order chi connectivity index (χ0) is 32.4. The minimum Gasteiger partial charge on any atom is -0.496 e. The average Bonchev–Trinajstić information content (AvgIpc) is 3.01. The van der Waals surface area contributed by atoms with E-state index < -0.39 is 13.9 Å². The fourth-order valence-electron chi connectivity index (χ4n) is 5.34. The molecule has 44 heavy (non-hydrogen) atoms. The third-order valence-corrected chi connectivity index (χ3v) is 9.49. The van der Waals surface area contributed by atoms with Gasteiger partial charge in [-0.2, -0.15) is 0 Å². The largest absolute Gasteiger partial charge is 0.496 e. The van der Waals surface area contributed by atoms with E-state index in [1.807, 2.05) is 0 Å². The Balaban J connectivity index is 4.07. The van der Waals surface area contributed by atoms with Gasteiger partial charge in [-0.05, 0) is 12.8 Å². The summed E-state index contributed by atoms with van der Waals surface area (Å²) in [6.07, 6.45) is 33.2. The molecule has 0 saturated heterocycles. The minimum absolute atomic E-state index is 0.0920. The highest BCUT2D eigenvalue weighted by Crippen LogP contribution is 2.43. The van der Waals surface area contributed by atoms with Gasteiger partial charge in [0.2, 0.25) is 0 Å². The topological polar surface area (TPSA) is 74.2 Å². The number of hydrogen-bond donors (Lipinski definition) is 1. The second-order valence-corrected chi connectivity index (χ2v) is 14.7. The Morgan fingerprint density at radius 2 is 0.955 bits per heavy atom. The molecular weight excluding hydrogens is 639 g/mol. The number of halogens is 1. The van der Waals surface area contributed by atoms with Crippen molar-refractivity contribution >= 4 is 23.8 Å². The Kier molecular flexibility index (Phi) is 34.5. The normalized spacial score (nSPS) is 13.6. The lowest BCUT2D eigenvalue weighted by Crippen LogP contribution is -2.24. The first-order valence-electron chi connectivity index (χ1n) is 18.6. The highest BCUT2D eigenvalue weighted by molar-refractivity contribution is 9.09. The quantitative estimate of drug-likeness (QED) is 0.0299. The van der Waals surface area contributed by atoms with E-state index in [1.54, 1.807) is 0 Å². The summed E-state index contributed by atoms with van der Waals surface area (Å²) in [5.74, 6) is 0.458. The molecule has 8 heteroatoms. The Morgan fingerprint density at radius 3 is 1.34 bits per heavy atom. The molecule has 0 fully saturated rings. The fourth-order valence-corrected chi connectivity index (χ4v) is 6.48. The van der Waals surface area contributed by atoms with Crippen LogP contribution < -0.4 is 0 Å². The van der Waals surface area contributed by atoms with Crippen molar-refractivity contribution in [3.8, 4) is 0 Å². The van der Waals surface area contributed by atoms with Crippen LogP contribution in [-0.4, -0.2) is 42.8 Å². The van der Waals surface area contributed by atoms with Crippen molar-refractivity contribution in [2.24, 2.45) is 0 Å². The van der Waals surface area contributed by atoms with Crippen molar-refractivity contribution in [2.75, 3.05) is 31.8 Å². The van der Waals surface area contributed by atoms with Gasteiger partial charge in [0.25, 0.3) is 0 Å². The van der Waals surface area contributed by atoms with E-state index in [1.165, 1.54) is 141 Å². The van der Waals surface area contributed by atoms with E-state index in [0.717, 1.165) is 25.7 Å². The van der Waals surface area contributed by atoms with Crippen molar-refractivity contribution in [1.29, 1.82) is 0 Å². The molecule has 0 aliphatic heterocycles. The fraction of sp³-hybridized carbons (Fsp3) is 0.944. The van der Waals surface area contributed by atoms with E-state index in [2.05, 4.69) is 36.4 Å². The molecule has 0 rings (SSSR count). The number of ether oxygens (including phenoxy) is 2. The van der Waals surface area contributed by atoms with Crippen LogP contribution in [0.5, 0.6) is 0 Å². The van der Waals surface area contributed by atoms with Crippen LogP contribution in [0.3, 0.4) is 0 Å². The number of alkyl halides is 1. The molecule has 6 nitrogen and oxygen atoms in total. The number of phosphoric acid groups is 1. The highest BCUT2D eigenvalue weighted by Gasteiger charge is 2.25. The van der Waals surface area contributed by atoms with E-state index in [-0.39, 0.29) is 13.2 Å². The summed E-state index contributed by atoms with van der Waals surface area (Å²) >= 11 is 3.19. The van der Waals surface area contributed by atoms with E-state index in [9.17, 15) is 9.46 Å². The zero-order valence-electron chi connectivity index (χ0n) is 29.0. The monoisotopic (exact) mass is 710 g/mol. The lowest BCUT2D eigenvalue weighted by Gasteiger charge is -2.22. The molecule has 2 atom stereocenters. The van der Waals surface area contributed by atoms with Gasteiger partial charge in [-0.3, -0.25) is 9.05 Å². The van der Waals surface area contributed by atoms with Gasteiger partial charge in [0.15, 0.2) is 0 Å². The summed E-state index contributed by atoms with van der Waals surface area (Å²) in [6, 6.07) is 0. The number of rotatable bonds is 37. The van der Waals surface area contributed by atoms with Crippen LogP contribution in [0.1, 0.15) is 181 Å². The Morgan fingerprint density at radius 1 is 0.591 bits per heavy atom. The van der Waals surface area contributed by atoms with Crippen LogP contribution in [0, 0.1) is 0 Å². The van der Waals surface area contributed by atoms with Crippen molar-refractivity contribution in [3.05, 3.63) is 12.3 Å². The standard InChI is InChI=1S/C36H72BrO6P/c1-4-6-8-10-12-14-16-18-20-22-24-26-28-31-40-35(3)36(34-43-44(38,39)42-33-30-37)41-32-29-27-25-23-21-19-17-15-13-11-9-7-5-2/h36H,3-34H2,1-2H3,(H,38,39). The average molecular weight is 712 g/mol. The Hall–Kier alpha value is 0.0900. The maximum Gasteiger partial charge on any atom is 0.472 e. The molecule has 0 saturated carbocycles. The minimum atomic E-state index is -4.14.